The Morgan fingerprint density at radius 2 is 2.11 bits per heavy atom. The van der Waals surface area contributed by atoms with Gasteiger partial charge in [0.1, 0.15) is 5.82 Å². The van der Waals surface area contributed by atoms with Gasteiger partial charge in [-0.2, -0.15) is 0 Å². The minimum atomic E-state index is -0.174. The van der Waals surface area contributed by atoms with Crippen molar-refractivity contribution < 1.29 is 4.79 Å². The van der Waals surface area contributed by atoms with Gasteiger partial charge >= 0.3 is 6.03 Å². The normalized spacial score (nSPS) is 10.0. The third kappa shape index (κ3) is 3.31. The Labute approximate surface area is 113 Å². The summed E-state index contributed by atoms with van der Waals surface area (Å²) in [7, 11) is 0. The van der Waals surface area contributed by atoms with Gasteiger partial charge < -0.3 is 0 Å². The molecular formula is C15H17N3O. The van der Waals surface area contributed by atoms with Crippen LogP contribution in [0.3, 0.4) is 0 Å². The van der Waals surface area contributed by atoms with Crippen LogP contribution in [0.5, 0.6) is 0 Å². The number of rotatable bonds is 3. The molecule has 0 atom stereocenters. The molecule has 98 valence electrons. The molecule has 2 aromatic rings. The smallest absolute Gasteiger partial charge is 0.294 e. The van der Waals surface area contributed by atoms with Gasteiger partial charge in [-0.15, -0.1) is 0 Å². The van der Waals surface area contributed by atoms with Crippen LogP contribution in [0.1, 0.15) is 12.5 Å². The zero-order valence-corrected chi connectivity index (χ0v) is 11.1. The van der Waals surface area contributed by atoms with E-state index in [-0.39, 0.29) is 6.03 Å². The van der Waals surface area contributed by atoms with Crippen LogP contribution in [0.15, 0.2) is 48.7 Å². The van der Waals surface area contributed by atoms with E-state index in [2.05, 4.69) is 10.3 Å². The number of hydrogen-bond acceptors (Lipinski definition) is 2. The highest BCUT2D eigenvalue weighted by Gasteiger charge is 2.14. The molecule has 0 spiro atoms. The van der Waals surface area contributed by atoms with Gasteiger partial charge in [0.2, 0.25) is 0 Å². The maximum absolute atomic E-state index is 12.2. The summed E-state index contributed by atoms with van der Waals surface area (Å²) < 4.78 is 0. The van der Waals surface area contributed by atoms with Crippen LogP contribution in [0.25, 0.3) is 0 Å². The number of nitrogens with zero attached hydrogens (tertiary/aromatic N) is 2. The number of urea groups is 1. The lowest BCUT2D eigenvalue weighted by Gasteiger charge is -2.21. The average Bonchev–Trinajstić information content (AvgIpc) is 2.41. The van der Waals surface area contributed by atoms with Crippen LogP contribution in [-0.4, -0.2) is 17.6 Å². The Hall–Kier alpha value is -2.36. The highest BCUT2D eigenvalue weighted by molar-refractivity contribution is 6.01. The summed E-state index contributed by atoms with van der Waals surface area (Å²) in [6.45, 7) is 4.55. The number of nitrogens with one attached hydrogen (secondary N) is 1. The summed E-state index contributed by atoms with van der Waals surface area (Å²) in [6.07, 6.45) is 1.65. The minimum absolute atomic E-state index is 0.174. The summed E-state index contributed by atoms with van der Waals surface area (Å²) in [5, 5.41) is 2.79. The number of carbonyl (C=O) groups excluding carboxylic acids is 1. The van der Waals surface area contributed by atoms with Crippen LogP contribution in [0, 0.1) is 6.92 Å². The van der Waals surface area contributed by atoms with E-state index in [9.17, 15) is 4.79 Å². The molecule has 0 radical (unpaired) electrons. The van der Waals surface area contributed by atoms with Gasteiger partial charge in [0.25, 0.3) is 0 Å². The maximum atomic E-state index is 12.2. The number of anilines is 2. The molecule has 0 saturated carbocycles. The maximum Gasteiger partial charge on any atom is 0.327 e. The van der Waals surface area contributed by atoms with E-state index < -0.39 is 0 Å². The Balaban J connectivity index is 2.16. The van der Waals surface area contributed by atoms with E-state index in [4.69, 9.17) is 0 Å². The van der Waals surface area contributed by atoms with Gasteiger partial charge in [0.05, 0.1) is 0 Å². The first-order valence-electron chi connectivity index (χ1n) is 6.27. The Kier molecular flexibility index (Phi) is 4.13. The molecule has 0 saturated heterocycles. The fraction of sp³-hybridized carbons (Fsp3) is 0.200. The van der Waals surface area contributed by atoms with Crippen molar-refractivity contribution in [2.45, 2.75) is 13.8 Å². The van der Waals surface area contributed by atoms with Gasteiger partial charge in [-0.3, -0.25) is 10.2 Å². The zero-order valence-electron chi connectivity index (χ0n) is 11.1. The molecular weight excluding hydrogens is 238 g/mol. The van der Waals surface area contributed by atoms with Crippen molar-refractivity contribution in [2.24, 2.45) is 0 Å². The molecule has 1 heterocycles. The monoisotopic (exact) mass is 255 g/mol. The summed E-state index contributed by atoms with van der Waals surface area (Å²) in [6, 6.07) is 13.1. The number of aromatic nitrogens is 1. The van der Waals surface area contributed by atoms with Gasteiger partial charge in [0, 0.05) is 18.4 Å². The predicted octanol–water partition coefficient (Wildman–Crippen LogP) is 3.45. The van der Waals surface area contributed by atoms with Crippen molar-refractivity contribution >= 4 is 17.5 Å². The van der Waals surface area contributed by atoms with Crippen molar-refractivity contribution in [1.29, 1.82) is 0 Å². The SMILES string of the molecule is CCN(C(=O)Nc1ccccn1)c1cccc(C)c1. The molecule has 0 aliphatic heterocycles. The van der Waals surface area contributed by atoms with E-state index >= 15 is 0 Å². The first kappa shape index (κ1) is 13.1. The summed E-state index contributed by atoms with van der Waals surface area (Å²) in [5.41, 5.74) is 2.01. The minimum Gasteiger partial charge on any atom is -0.294 e. The summed E-state index contributed by atoms with van der Waals surface area (Å²) in [4.78, 5) is 18.0. The van der Waals surface area contributed by atoms with Crippen molar-refractivity contribution in [2.75, 3.05) is 16.8 Å². The van der Waals surface area contributed by atoms with Crippen LogP contribution in [0.4, 0.5) is 16.3 Å². The van der Waals surface area contributed by atoms with Crippen molar-refractivity contribution in [3.05, 3.63) is 54.2 Å². The van der Waals surface area contributed by atoms with E-state index in [1.54, 1.807) is 17.2 Å². The topological polar surface area (TPSA) is 45.2 Å². The van der Waals surface area contributed by atoms with Crippen LogP contribution in [0.2, 0.25) is 0 Å². The number of amides is 2. The number of pyridine rings is 1. The standard InChI is InChI=1S/C15H17N3O/c1-3-18(13-8-6-7-12(2)11-13)15(19)17-14-9-4-5-10-16-14/h4-11H,3H2,1-2H3,(H,16,17,19). The number of benzene rings is 1. The third-order valence-corrected chi connectivity index (χ3v) is 2.77. The first-order valence-corrected chi connectivity index (χ1v) is 6.27. The highest BCUT2D eigenvalue weighted by atomic mass is 16.2. The molecule has 0 fully saturated rings. The second-order valence-electron chi connectivity index (χ2n) is 4.23. The Bertz CT molecular complexity index is 554. The van der Waals surface area contributed by atoms with Gasteiger partial charge in [-0.25, -0.2) is 9.78 Å². The lowest BCUT2D eigenvalue weighted by molar-refractivity contribution is 0.257. The lowest BCUT2D eigenvalue weighted by Crippen LogP contribution is -2.35. The van der Waals surface area contributed by atoms with E-state index in [0.29, 0.717) is 12.4 Å². The van der Waals surface area contributed by atoms with Crippen LogP contribution in [-0.2, 0) is 0 Å². The molecule has 0 unspecified atom stereocenters. The molecule has 0 aliphatic rings. The summed E-state index contributed by atoms with van der Waals surface area (Å²) in [5.74, 6) is 0.554. The molecule has 1 aromatic carbocycles. The second kappa shape index (κ2) is 6.00. The molecule has 4 nitrogen and oxygen atoms in total. The van der Waals surface area contributed by atoms with Crippen molar-refractivity contribution in [3.63, 3.8) is 0 Å². The molecule has 0 aliphatic carbocycles. The molecule has 1 N–H and O–H groups in total. The third-order valence-electron chi connectivity index (χ3n) is 2.77. The Morgan fingerprint density at radius 1 is 1.26 bits per heavy atom. The molecule has 2 rings (SSSR count). The molecule has 1 aromatic heterocycles. The lowest BCUT2D eigenvalue weighted by atomic mass is 10.2. The number of carbonyl (C=O) groups is 1. The second-order valence-corrected chi connectivity index (χ2v) is 4.23. The fourth-order valence-electron chi connectivity index (χ4n) is 1.85. The highest BCUT2D eigenvalue weighted by Crippen LogP contribution is 2.16. The zero-order chi connectivity index (χ0) is 13.7. The predicted molar refractivity (Wildman–Crippen MR) is 77.5 cm³/mol. The largest absolute Gasteiger partial charge is 0.327 e. The van der Waals surface area contributed by atoms with Gasteiger partial charge in [-0.1, -0.05) is 18.2 Å². The van der Waals surface area contributed by atoms with Gasteiger partial charge in [0.15, 0.2) is 0 Å². The first-order chi connectivity index (χ1) is 9.20. The summed E-state index contributed by atoms with van der Waals surface area (Å²) >= 11 is 0. The fourth-order valence-corrected chi connectivity index (χ4v) is 1.85. The van der Waals surface area contributed by atoms with Crippen molar-refractivity contribution in [1.82, 2.24) is 4.98 Å². The average molecular weight is 255 g/mol. The Morgan fingerprint density at radius 3 is 2.74 bits per heavy atom. The quantitative estimate of drug-likeness (QED) is 0.913. The van der Waals surface area contributed by atoms with E-state index in [1.165, 1.54) is 0 Å². The van der Waals surface area contributed by atoms with Gasteiger partial charge in [-0.05, 0) is 43.7 Å². The van der Waals surface area contributed by atoms with Crippen LogP contribution < -0.4 is 10.2 Å². The molecule has 4 heteroatoms. The number of aryl methyl sites for hydroxylation is 1. The van der Waals surface area contributed by atoms with Crippen LogP contribution >= 0.6 is 0 Å². The molecule has 19 heavy (non-hydrogen) atoms. The molecule has 2 amide bonds. The van der Waals surface area contributed by atoms with Crippen molar-refractivity contribution in [3.8, 4) is 0 Å². The number of hydrogen-bond donors (Lipinski definition) is 1. The van der Waals surface area contributed by atoms with E-state index in [0.717, 1.165) is 11.3 Å². The van der Waals surface area contributed by atoms with E-state index in [1.807, 2.05) is 50.2 Å². The molecule has 0 bridgehead atoms.